The topological polar surface area (TPSA) is 58.7 Å². The molecule has 0 saturated carbocycles. The third kappa shape index (κ3) is 3.27. The Morgan fingerprint density at radius 1 is 1.17 bits per heavy atom. The Morgan fingerprint density at radius 2 is 1.83 bits per heavy atom. The van der Waals surface area contributed by atoms with Crippen LogP contribution in [-0.2, 0) is 0 Å². The van der Waals surface area contributed by atoms with Crippen LogP contribution in [0.4, 0.5) is 0 Å². The maximum Gasteiger partial charge on any atom is 0.266 e. The van der Waals surface area contributed by atoms with Crippen molar-refractivity contribution < 1.29 is 0 Å². The fourth-order valence-corrected chi connectivity index (χ4v) is 3.33. The smallest absolute Gasteiger partial charge is 0.266 e. The van der Waals surface area contributed by atoms with E-state index in [-0.39, 0.29) is 10.8 Å². The molecule has 0 bridgehead atoms. The maximum atomic E-state index is 13.0. The lowest BCUT2D eigenvalue weighted by Gasteiger charge is -2.14. The summed E-state index contributed by atoms with van der Waals surface area (Å²) < 4.78 is 1.49. The number of benzene rings is 2. The minimum atomic E-state index is -0.355. The fourth-order valence-electron chi connectivity index (χ4n) is 2.22. The molecule has 0 saturated heterocycles. The first-order chi connectivity index (χ1) is 11.5. The zero-order valence-corrected chi connectivity index (χ0v) is 14.9. The van der Waals surface area contributed by atoms with Gasteiger partial charge in [-0.2, -0.15) is 5.26 Å². The van der Waals surface area contributed by atoms with E-state index in [2.05, 4.69) is 11.1 Å². The molecule has 0 aliphatic heterocycles. The summed E-state index contributed by atoms with van der Waals surface area (Å²) in [4.78, 5) is 17.5. The molecule has 24 heavy (non-hydrogen) atoms. The van der Waals surface area contributed by atoms with Crippen LogP contribution in [0.15, 0.2) is 52.4 Å². The molecule has 120 valence electrons. The van der Waals surface area contributed by atoms with Gasteiger partial charge in [-0.1, -0.05) is 35.0 Å². The number of aromatic nitrogens is 2. The first kappa shape index (κ1) is 16.8. The quantitative estimate of drug-likeness (QED) is 0.491. The Bertz CT molecular complexity index is 1010. The van der Waals surface area contributed by atoms with Crippen LogP contribution in [0, 0.1) is 11.3 Å². The summed E-state index contributed by atoms with van der Waals surface area (Å²) in [5, 5.41) is 10.7. The molecule has 3 rings (SSSR count). The van der Waals surface area contributed by atoms with Gasteiger partial charge in [-0.05, 0) is 49.4 Å². The maximum absolute atomic E-state index is 13.0. The molecule has 0 aliphatic carbocycles. The summed E-state index contributed by atoms with van der Waals surface area (Å²) in [6, 6.07) is 14.0. The minimum Gasteiger partial charge on any atom is -0.268 e. The van der Waals surface area contributed by atoms with E-state index in [1.54, 1.807) is 49.4 Å². The Kier molecular flexibility index (Phi) is 4.81. The van der Waals surface area contributed by atoms with Gasteiger partial charge < -0.3 is 0 Å². The van der Waals surface area contributed by atoms with Crippen LogP contribution < -0.4 is 5.56 Å². The van der Waals surface area contributed by atoms with Crippen molar-refractivity contribution in [3.63, 3.8) is 0 Å². The molecule has 0 aliphatic rings. The summed E-state index contributed by atoms with van der Waals surface area (Å²) >= 11 is 13.2. The van der Waals surface area contributed by atoms with Gasteiger partial charge in [0.2, 0.25) is 0 Å². The molecule has 1 atom stereocenters. The third-order valence-electron chi connectivity index (χ3n) is 3.35. The van der Waals surface area contributed by atoms with E-state index in [0.29, 0.717) is 31.8 Å². The van der Waals surface area contributed by atoms with Crippen LogP contribution in [0.2, 0.25) is 10.0 Å². The highest BCUT2D eigenvalue weighted by atomic mass is 35.5. The second-order valence-electron chi connectivity index (χ2n) is 5.06. The Balaban J connectivity index is 2.31. The summed E-state index contributed by atoms with van der Waals surface area (Å²) in [5.74, 6) is 0. The summed E-state index contributed by atoms with van der Waals surface area (Å²) in [5.41, 5.74) is 0.929. The highest BCUT2D eigenvalue weighted by molar-refractivity contribution is 8.00. The molecule has 3 aromatic rings. The van der Waals surface area contributed by atoms with E-state index in [1.165, 1.54) is 16.3 Å². The van der Waals surface area contributed by atoms with E-state index in [0.717, 1.165) is 0 Å². The molecule has 1 aromatic heterocycles. The molecule has 0 amide bonds. The van der Waals surface area contributed by atoms with Crippen LogP contribution in [0.25, 0.3) is 16.6 Å². The lowest BCUT2D eigenvalue weighted by molar-refractivity contribution is 0.818. The Labute approximate surface area is 152 Å². The van der Waals surface area contributed by atoms with Gasteiger partial charge in [0.1, 0.15) is 0 Å². The van der Waals surface area contributed by atoms with Crippen molar-refractivity contribution in [2.45, 2.75) is 17.3 Å². The standard InChI is InChI=1S/C17H11Cl2N3OS/c1-10(9-20)24-17-21-15-8-12(19)4-7-14(15)16(23)22(17)13-5-2-11(18)3-6-13/h2-8,10H,1H3/t10-/m0/s1. The number of halogens is 2. The monoisotopic (exact) mass is 375 g/mol. The molecule has 1 heterocycles. The second-order valence-corrected chi connectivity index (χ2v) is 7.24. The summed E-state index contributed by atoms with van der Waals surface area (Å²) in [6.45, 7) is 1.76. The van der Waals surface area contributed by atoms with Crippen LogP contribution in [0.3, 0.4) is 0 Å². The predicted molar refractivity (Wildman–Crippen MR) is 98.3 cm³/mol. The molecule has 7 heteroatoms. The van der Waals surface area contributed by atoms with Gasteiger partial charge >= 0.3 is 0 Å². The van der Waals surface area contributed by atoms with E-state index in [4.69, 9.17) is 28.5 Å². The Morgan fingerprint density at radius 3 is 2.50 bits per heavy atom. The first-order valence-corrected chi connectivity index (χ1v) is 8.67. The van der Waals surface area contributed by atoms with Gasteiger partial charge in [-0.15, -0.1) is 0 Å². The van der Waals surface area contributed by atoms with Gasteiger partial charge in [-0.25, -0.2) is 4.98 Å². The largest absolute Gasteiger partial charge is 0.268 e. The molecule has 0 fully saturated rings. The van der Waals surface area contributed by atoms with Crippen molar-refractivity contribution in [1.82, 2.24) is 9.55 Å². The van der Waals surface area contributed by atoms with Crippen molar-refractivity contribution in [2.75, 3.05) is 0 Å². The average molecular weight is 376 g/mol. The van der Waals surface area contributed by atoms with Crippen LogP contribution in [-0.4, -0.2) is 14.8 Å². The fraction of sp³-hybridized carbons (Fsp3) is 0.118. The zero-order valence-electron chi connectivity index (χ0n) is 12.5. The Hall–Kier alpha value is -2.00. The SMILES string of the molecule is C[C@@H](C#N)Sc1nc2cc(Cl)ccc2c(=O)n1-c1ccc(Cl)cc1. The summed E-state index contributed by atoms with van der Waals surface area (Å²) in [6.07, 6.45) is 0. The molecule has 2 aromatic carbocycles. The van der Waals surface area contributed by atoms with E-state index >= 15 is 0 Å². The van der Waals surface area contributed by atoms with Gasteiger partial charge in [0, 0.05) is 10.0 Å². The molecule has 0 N–H and O–H groups in total. The van der Waals surface area contributed by atoms with E-state index in [1.807, 2.05) is 0 Å². The summed E-state index contributed by atoms with van der Waals surface area (Å²) in [7, 11) is 0. The third-order valence-corrected chi connectivity index (χ3v) is 4.78. The number of nitriles is 1. The van der Waals surface area contributed by atoms with Crippen LogP contribution >= 0.6 is 35.0 Å². The van der Waals surface area contributed by atoms with Crippen molar-refractivity contribution in [2.24, 2.45) is 0 Å². The lowest BCUT2D eigenvalue weighted by Crippen LogP contribution is -2.22. The molecule has 0 spiro atoms. The van der Waals surface area contributed by atoms with Crippen molar-refractivity contribution >= 4 is 45.9 Å². The molecule has 0 radical (unpaired) electrons. The van der Waals surface area contributed by atoms with E-state index < -0.39 is 0 Å². The van der Waals surface area contributed by atoms with Gasteiger partial charge in [0.25, 0.3) is 5.56 Å². The molecular weight excluding hydrogens is 365 g/mol. The predicted octanol–water partition coefficient (Wildman–Crippen LogP) is 4.70. The van der Waals surface area contributed by atoms with Gasteiger partial charge in [-0.3, -0.25) is 9.36 Å². The molecular formula is C17H11Cl2N3OS. The lowest BCUT2D eigenvalue weighted by atomic mass is 10.2. The minimum absolute atomic E-state index is 0.216. The van der Waals surface area contributed by atoms with Crippen molar-refractivity contribution in [3.05, 3.63) is 62.9 Å². The zero-order chi connectivity index (χ0) is 17.3. The average Bonchev–Trinajstić information content (AvgIpc) is 2.56. The molecule has 0 unspecified atom stereocenters. The van der Waals surface area contributed by atoms with Crippen LogP contribution in [0.1, 0.15) is 6.92 Å². The number of fused-ring (bicyclic) bond motifs is 1. The number of hydrogen-bond acceptors (Lipinski definition) is 4. The second kappa shape index (κ2) is 6.86. The number of thioether (sulfide) groups is 1. The van der Waals surface area contributed by atoms with Gasteiger partial charge in [0.05, 0.1) is 27.9 Å². The number of rotatable bonds is 3. The molecule has 4 nitrogen and oxygen atoms in total. The van der Waals surface area contributed by atoms with E-state index in [9.17, 15) is 4.79 Å². The van der Waals surface area contributed by atoms with Crippen molar-refractivity contribution in [3.8, 4) is 11.8 Å². The van der Waals surface area contributed by atoms with Gasteiger partial charge in [0.15, 0.2) is 5.16 Å². The highest BCUT2D eigenvalue weighted by Crippen LogP contribution is 2.26. The van der Waals surface area contributed by atoms with Crippen LogP contribution in [0.5, 0.6) is 0 Å². The van der Waals surface area contributed by atoms with Crippen molar-refractivity contribution in [1.29, 1.82) is 5.26 Å². The number of hydrogen-bond donors (Lipinski definition) is 0. The highest BCUT2D eigenvalue weighted by Gasteiger charge is 2.16. The normalized spacial score (nSPS) is 12.1. The first-order valence-electron chi connectivity index (χ1n) is 7.04. The number of nitrogens with zero attached hydrogens (tertiary/aromatic N) is 3.